The number of carbonyl (C=O) groups excluding carboxylic acids is 1. The molecule has 8 nitrogen and oxygen atoms in total. The molecule has 0 saturated carbocycles. The molecule has 3 heterocycles. The van der Waals surface area contributed by atoms with Gasteiger partial charge in [0.2, 0.25) is 0 Å². The van der Waals surface area contributed by atoms with Crippen molar-refractivity contribution >= 4 is 28.6 Å². The van der Waals surface area contributed by atoms with Gasteiger partial charge in [0.05, 0.1) is 19.6 Å². The summed E-state index contributed by atoms with van der Waals surface area (Å²) >= 11 is 0.795. The first-order valence-electron chi connectivity index (χ1n) is 9.29. The Labute approximate surface area is 214 Å². The third-order valence-corrected chi connectivity index (χ3v) is 4.65. The van der Waals surface area contributed by atoms with Crippen molar-refractivity contribution in [3.8, 4) is 35.0 Å². The molecule has 2 N–H and O–H groups in total. The van der Waals surface area contributed by atoms with Crippen LogP contribution in [0.5, 0.6) is 5.75 Å². The Kier molecular flexibility index (Phi) is 11.7. The van der Waals surface area contributed by atoms with E-state index in [9.17, 15) is 18.4 Å². The number of nitrogens with zero attached hydrogens (tertiary/aromatic N) is 3. The van der Waals surface area contributed by atoms with Crippen LogP contribution in [0.3, 0.4) is 0 Å². The fourth-order valence-corrected chi connectivity index (χ4v) is 2.84. The van der Waals surface area contributed by atoms with E-state index in [1.165, 1.54) is 30.0 Å². The third-order valence-electron chi connectivity index (χ3n) is 4.23. The standard InChI is InChI=1S/C19H14F2N3O3.C4H3N2S.Ni/c1-11-3-4-24(18(26)5-11)17-7-13(12(10-25)8-23-17)14-6-15(19(20)21)22-9-16(14)27-2;1-2-4(6)7-3-5;/h3-9,19H,1-2H3;1,5-6H;/q2*-1;+2. The number of pyridine rings is 3. The monoisotopic (exact) mass is 539 g/mol. The predicted molar refractivity (Wildman–Crippen MR) is 126 cm³/mol. The van der Waals surface area contributed by atoms with Crippen molar-refractivity contribution in [1.82, 2.24) is 14.5 Å². The van der Waals surface area contributed by atoms with Gasteiger partial charge in [-0.1, -0.05) is 12.3 Å². The summed E-state index contributed by atoms with van der Waals surface area (Å²) in [6, 6.07) is 5.75. The predicted octanol–water partition coefficient (Wildman–Crippen LogP) is 3.82. The molecule has 0 bridgehead atoms. The van der Waals surface area contributed by atoms with E-state index in [-0.39, 0.29) is 55.4 Å². The number of thioether (sulfide) groups is 1. The van der Waals surface area contributed by atoms with E-state index >= 15 is 0 Å². The molecule has 0 saturated heterocycles. The fourth-order valence-electron chi connectivity index (χ4n) is 2.68. The number of rotatable bonds is 6. The van der Waals surface area contributed by atoms with Crippen molar-refractivity contribution in [2.75, 3.05) is 7.11 Å². The maximum absolute atomic E-state index is 13.1. The van der Waals surface area contributed by atoms with Gasteiger partial charge in [0.25, 0.3) is 12.0 Å². The second-order valence-electron chi connectivity index (χ2n) is 6.39. The zero-order valence-corrected chi connectivity index (χ0v) is 20.0. The van der Waals surface area contributed by atoms with Crippen LogP contribution in [-0.4, -0.2) is 38.5 Å². The van der Waals surface area contributed by atoms with Crippen molar-refractivity contribution in [1.29, 1.82) is 10.8 Å². The van der Waals surface area contributed by atoms with Crippen molar-refractivity contribution < 1.29 is 34.8 Å². The van der Waals surface area contributed by atoms with Crippen LogP contribution in [0.25, 0.3) is 16.9 Å². The number of nitrogens with one attached hydrogen (secondary N) is 2. The molecule has 3 rings (SSSR count). The van der Waals surface area contributed by atoms with Crippen LogP contribution in [0.4, 0.5) is 8.78 Å². The number of hydrogen-bond donors (Lipinski definition) is 2. The summed E-state index contributed by atoms with van der Waals surface area (Å²) < 4.78 is 32.6. The third kappa shape index (κ3) is 7.67. The minimum atomic E-state index is -2.79. The Bertz CT molecular complexity index is 1330. The summed E-state index contributed by atoms with van der Waals surface area (Å²) in [5.41, 5.74) is 2.45. The molecule has 0 unspecified atom stereocenters. The van der Waals surface area contributed by atoms with Crippen molar-refractivity contribution in [2.24, 2.45) is 0 Å². The zero-order chi connectivity index (χ0) is 25.3. The summed E-state index contributed by atoms with van der Waals surface area (Å²) in [7, 11) is 1.36. The van der Waals surface area contributed by atoms with Gasteiger partial charge in [-0.3, -0.25) is 31.5 Å². The molecule has 0 fully saturated rings. The second-order valence-corrected chi connectivity index (χ2v) is 7.21. The van der Waals surface area contributed by atoms with E-state index in [1.807, 2.05) is 11.5 Å². The van der Waals surface area contributed by atoms with Gasteiger partial charge in [0.1, 0.15) is 22.3 Å². The van der Waals surface area contributed by atoms with Gasteiger partial charge in [0, 0.05) is 12.3 Å². The average Bonchev–Trinajstić information content (AvgIpc) is 2.83. The first-order valence-corrected chi connectivity index (χ1v) is 10.1. The van der Waals surface area contributed by atoms with Crippen LogP contribution in [0.15, 0.2) is 47.7 Å². The normalized spacial score (nSPS) is 9.71. The quantitative estimate of drug-likeness (QED) is 0.161. The summed E-state index contributed by atoms with van der Waals surface area (Å²) in [6.07, 6.45) is 7.61. The first kappa shape index (κ1) is 29.4. The molecule has 0 aromatic carbocycles. The number of ether oxygens (including phenoxy) is 1. The summed E-state index contributed by atoms with van der Waals surface area (Å²) in [4.78, 5) is 31.3. The molecular formula is C23H17F2N5NiO3S. The van der Waals surface area contributed by atoms with Gasteiger partial charge in [-0.05, 0) is 36.1 Å². The van der Waals surface area contributed by atoms with Gasteiger partial charge < -0.3 is 25.5 Å². The number of methoxy groups -OCH3 is 1. The number of hydrogen-bond acceptors (Lipinski definition) is 8. The Balaban J connectivity index is 0.000000672. The number of aryl methyl sites for hydroxylation is 1. The second kappa shape index (κ2) is 13.9. The molecule has 182 valence electrons. The van der Waals surface area contributed by atoms with Crippen molar-refractivity contribution in [2.45, 2.75) is 13.3 Å². The van der Waals surface area contributed by atoms with Gasteiger partial charge in [-0.15, -0.1) is 17.6 Å². The molecule has 0 aliphatic heterocycles. The van der Waals surface area contributed by atoms with E-state index in [2.05, 4.69) is 9.97 Å². The maximum Gasteiger partial charge on any atom is 2.00 e. The van der Waals surface area contributed by atoms with Crippen LogP contribution in [0.1, 0.15) is 23.2 Å². The van der Waals surface area contributed by atoms with Crippen LogP contribution in [0, 0.1) is 30.1 Å². The minimum absolute atomic E-state index is 0. The SMILES string of the molecule is C#CC(=N)S[C-]=N.COc1cnc(C(F)F)cc1-c1cc(-n2ccc(C)cc2=O)ncc1[C-]=O.[Ni+2]. The van der Waals surface area contributed by atoms with E-state index < -0.39 is 12.1 Å². The summed E-state index contributed by atoms with van der Waals surface area (Å²) in [5, 5.41) is 13.0. The minimum Gasteiger partial charge on any atom is -0.508 e. The van der Waals surface area contributed by atoms with E-state index in [1.54, 1.807) is 25.5 Å². The molecule has 0 aliphatic rings. The smallest absolute Gasteiger partial charge is 0.508 e. The molecule has 35 heavy (non-hydrogen) atoms. The van der Waals surface area contributed by atoms with Crippen LogP contribution in [-0.2, 0) is 21.3 Å². The van der Waals surface area contributed by atoms with Crippen LogP contribution >= 0.6 is 11.8 Å². The van der Waals surface area contributed by atoms with Crippen LogP contribution < -0.4 is 10.3 Å². The molecule has 0 spiro atoms. The maximum atomic E-state index is 13.1. The Morgan fingerprint density at radius 2 is 1.97 bits per heavy atom. The molecule has 0 amide bonds. The van der Waals surface area contributed by atoms with Crippen molar-refractivity contribution in [3.05, 3.63) is 70.0 Å². The molecule has 0 aliphatic carbocycles. The average molecular weight is 540 g/mol. The van der Waals surface area contributed by atoms with E-state index in [0.29, 0.717) is 0 Å². The Hall–Kier alpha value is -3.68. The van der Waals surface area contributed by atoms with Gasteiger partial charge in [-0.25, -0.2) is 8.78 Å². The first-order chi connectivity index (χ1) is 16.2. The van der Waals surface area contributed by atoms with E-state index in [0.717, 1.165) is 29.6 Å². The number of halogens is 2. The zero-order valence-electron chi connectivity index (χ0n) is 18.2. The summed E-state index contributed by atoms with van der Waals surface area (Å²) in [5.74, 6) is 2.46. The fraction of sp³-hybridized carbons (Fsp3) is 0.130. The van der Waals surface area contributed by atoms with Gasteiger partial charge in [0.15, 0.2) is 0 Å². The molecule has 3 aromatic rings. The Morgan fingerprint density at radius 3 is 2.49 bits per heavy atom. The van der Waals surface area contributed by atoms with Crippen LogP contribution in [0.2, 0.25) is 0 Å². The van der Waals surface area contributed by atoms with Gasteiger partial charge >= 0.3 is 16.5 Å². The van der Waals surface area contributed by atoms with Crippen molar-refractivity contribution in [3.63, 3.8) is 0 Å². The molecule has 3 aromatic heterocycles. The molecule has 12 heteroatoms. The number of alkyl halides is 2. The molecular weight excluding hydrogens is 523 g/mol. The molecule has 0 radical (unpaired) electrons. The van der Waals surface area contributed by atoms with E-state index in [4.69, 9.17) is 22.0 Å². The number of terminal acetylenes is 1. The largest absolute Gasteiger partial charge is 2.00 e. The van der Waals surface area contributed by atoms with Gasteiger partial charge in [-0.2, -0.15) is 0 Å². The summed E-state index contributed by atoms with van der Waals surface area (Å²) in [6.45, 7) is 1.78. The molecule has 0 atom stereocenters. The topological polar surface area (TPSA) is 122 Å². The Morgan fingerprint density at radius 1 is 1.26 bits per heavy atom. The number of aromatic nitrogens is 3.